The molecule has 0 saturated carbocycles. The van der Waals surface area contributed by atoms with E-state index in [1.807, 2.05) is 0 Å². The van der Waals surface area contributed by atoms with Crippen molar-refractivity contribution in [2.45, 2.75) is 19.6 Å². The minimum atomic E-state index is -4.32. The predicted octanol–water partition coefficient (Wildman–Crippen LogP) is 2.22. The molecule has 0 unspecified atom stereocenters. The lowest BCUT2D eigenvalue weighted by Gasteiger charge is -2.32. The van der Waals surface area contributed by atoms with Crippen LogP contribution in [0.1, 0.15) is 15.6 Å². The molecule has 1 aromatic rings. The van der Waals surface area contributed by atoms with Gasteiger partial charge in [-0.15, -0.1) is 11.3 Å². The number of rotatable bonds is 2. The Morgan fingerprint density at radius 1 is 1.22 bits per heavy atom. The molecule has 3 nitrogen and oxygen atoms in total. The number of nitrogens with zero attached hydrogens (tertiary/aromatic N) is 3. The van der Waals surface area contributed by atoms with Gasteiger partial charge in [0, 0.05) is 37.6 Å². The molecule has 1 fully saturated rings. The van der Waals surface area contributed by atoms with E-state index in [1.165, 1.54) is 0 Å². The molecule has 0 aromatic carbocycles. The molecule has 0 N–H and O–H groups in total. The van der Waals surface area contributed by atoms with Gasteiger partial charge in [-0.2, -0.15) is 13.2 Å². The maximum atomic E-state index is 12.5. The summed E-state index contributed by atoms with van der Waals surface area (Å²) in [5, 5.41) is -0.732. The van der Waals surface area contributed by atoms with Gasteiger partial charge in [0.2, 0.25) is 0 Å². The zero-order chi connectivity index (χ0) is 13.3. The molecule has 102 valence electrons. The molecule has 0 spiro atoms. The summed E-state index contributed by atoms with van der Waals surface area (Å²) in [6.07, 6.45) is -4.32. The van der Waals surface area contributed by atoms with Gasteiger partial charge < -0.3 is 4.90 Å². The largest absolute Gasteiger partial charge is 0.443 e. The molecule has 1 saturated heterocycles. The summed E-state index contributed by atoms with van der Waals surface area (Å²) in [5.74, 6) is 0. The first-order chi connectivity index (χ1) is 8.36. The van der Waals surface area contributed by atoms with E-state index < -0.39 is 11.2 Å². The monoisotopic (exact) mass is 279 g/mol. The fourth-order valence-electron chi connectivity index (χ4n) is 1.91. The van der Waals surface area contributed by atoms with E-state index in [0.29, 0.717) is 12.2 Å². The number of aromatic nitrogens is 1. The molecule has 0 aliphatic carbocycles. The van der Waals surface area contributed by atoms with Crippen molar-refractivity contribution in [1.29, 1.82) is 0 Å². The topological polar surface area (TPSA) is 19.4 Å². The van der Waals surface area contributed by atoms with Crippen molar-refractivity contribution in [2.24, 2.45) is 0 Å². The average molecular weight is 279 g/mol. The van der Waals surface area contributed by atoms with Crippen LogP contribution in [0.15, 0.2) is 0 Å². The van der Waals surface area contributed by atoms with Gasteiger partial charge in [-0.05, 0) is 14.0 Å². The maximum absolute atomic E-state index is 12.5. The van der Waals surface area contributed by atoms with Crippen LogP contribution in [-0.2, 0) is 12.7 Å². The summed E-state index contributed by atoms with van der Waals surface area (Å²) >= 11 is 0.770. The van der Waals surface area contributed by atoms with E-state index in [0.717, 1.165) is 42.4 Å². The van der Waals surface area contributed by atoms with Gasteiger partial charge in [0.1, 0.15) is 0 Å². The average Bonchev–Trinajstić information content (AvgIpc) is 2.63. The number of piperazine rings is 1. The van der Waals surface area contributed by atoms with Crippen molar-refractivity contribution < 1.29 is 13.2 Å². The fraction of sp³-hybridized carbons (Fsp3) is 0.727. The number of halogens is 3. The van der Waals surface area contributed by atoms with Crippen molar-refractivity contribution in [3.05, 3.63) is 15.6 Å². The van der Waals surface area contributed by atoms with E-state index in [1.54, 1.807) is 6.92 Å². The third-order valence-electron chi connectivity index (χ3n) is 3.10. The quantitative estimate of drug-likeness (QED) is 0.827. The van der Waals surface area contributed by atoms with Crippen LogP contribution in [0.2, 0.25) is 0 Å². The molecule has 1 aliphatic rings. The van der Waals surface area contributed by atoms with Crippen LogP contribution in [0.3, 0.4) is 0 Å². The predicted molar refractivity (Wildman–Crippen MR) is 64.6 cm³/mol. The molecule has 0 radical (unpaired) electrons. The molecule has 1 aromatic heterocycles. The molecule has 0 amide bonds. The van der Waals surface area contributed by atoms with E-state index in [2.05, 4.69) is 21.8 Å². The highest BCUT2D eigenvalue weighted by Gasteiger charge is 2.35. The van der Waals surface area contributed by atoms with Crippen LogP contribution in [0, 0.1) is 6.92 Å². The van der Waals surface area contributed by atoms with Crippen molar-refractivity contribution in [1.82, 2.24) is 14.8 Å². The Morgan fingerprint density at radius 3 is 2.33 bits per heavy atom. The summed E-state index contributed by atoms with van der Waals surface area (Å²) in [6, 6.07) is 0. The fourth-order valence-corrected chi connectivity index (χ4v) is 2.88. The van der Waals surface area contributed by atoms with E-state index in [9.17, 15) is 13.2 Å². The standard InChI is InChI=1S/C11H16F3N3S/c1-8-9(18-10(15-8)11(12,13)14)7-17-5-3-16(2)4-6-17/h3-7H2,1-2H3. The van der Waals surface area contributed by atoms with E-state index in [4.69, 9.17) is 0 Å². The zero-order valence-corrected chi connectivity index (χ0v) is 11.2. The van der Waals surface area contributed by atoms with Gasteiger partial charge in [-0.3, -0.25) is 4.90 Å². The highest BCUT2D eigenvalue weighted by atomic mass is 32.1. The summed E-state index contributed by atoms with van der Waals surface area (Å²) in [5.41, 5.74) is 0.506. The molecule has 0 atom stereocenters. The van der Waals surface area contributed by atoms with Gasteiger partial charge in [0.25, 0.3) is 0 Å². The first kappa shape index (κ1) is 13.8. The van der Waals surface area contributed by atoms with Crippen molar-refractivity contribution in [3.8, 4) is 0 Å². The molecule has 2 heterocycles. The minimum Gasteiger partial charge on any atom is -0.304 e. The second-order valence-corrected chi connectivity index (χ2v) is 5.69. The number of thiazole rings is 1. The first-order valence-electron chi connectivity index (χ1n) is 5.80. The van der Waals surface area contributed by atoms with E-state index >= 15 is 0 Å². The summed E-state index contributed by atoms with van der Waals surface area (Å²) in [7, 11) is 2.05. The summed E-state index contributed by atoms with van der Waals surface area (Å²) in [6.45, 7) is 5.95. The maximum Gasteiger partial charge on any atom is 0.443 e. The number of likely N-dealkylation sites (N-methyl/N-ethyl adjacent to an activating group) is 1. The van der Waals surface area contributed by atoms with Crippen LogP contribution in [0.25, 0.3) is 0 Å². The Morgan fingerprint density at radius 2 is 1.83 bits per heavy atom. The van der Waals surface area contributed by atoms with Crippen LogP contribution in [0.5, 0.6) is 0 Å². The van der Waals surface area contributed by atoms with Crippen molar-refractivity contribution >= 4 is 11.3 Å². The Balaban J connectivity index is 2.03. The SMILES string of the molecule is Cc1nc(C(F)(F)F)sc1CN1CCN(C)CC1. The smallest absolute Gasteiger partial charge is 0.304 e. The number of aryl methyl sites for hydroxylation is 1. The Bertz CT molecular complexity index is 408. The van der Waals surface area contributed by atoms with Gasteiger partial charge in [-0.1, -0.05) is 0 Å². The lowest BCUT2D eigenvalue weighted by molar-refractivity contribution is -0.137. The minimum absolute atomic E-state index is 0.506. The Kier molecular flexibility index (Phi) is 3.93. The van der Waals surface area contributed by atoms with Crippen LogP contribution in [-0.4, -0.2) is 48.0 Å². The van der Waals surface area contributed by atoms with Gasteiger partial charge in [-0.25, -0.2) is 4.98 Å². The third-order valence-corrected chi connectivity index (χ3v) is 4.29. The zero-order valence-electron chi connectivity index (χ0n) is 10.4. The normalized spacial score (nSPS) is 19.4. The van der Waals surface area contributed by atoms with Gasteiger partial charge in [0.05, 0.1) is 5.69 Å². The first-order valence-corrected chi connectivity index (χ1v) is 6.62. The lowest BCUT2D eigenvalue weighted by atomic mass is 10.3. The number of hydrogen-bond donors (Lipinski definition) is 0. The van der Waals surface area contributed by atoms with Crippen LogP contribution in [0.4, 0.5) is 13.2 Å². The highest BCUT2D eigenvalue weighted by molar-refractivity contribution is 7.11. The van der Waals surface area contributed by atoms with Crippen molar-refractivity contribution in [2.75, 3.05) is 33.2 Å². The molecule has 7 heteroatoms. The molecule has 18 heavy (non-hydrogen) atoms. The van der Waals surface area contributed by atoms with Gasteiger partial charge in [0.15, 0.2) is 5.01 Å². The summed E-state index contributed by atoms with van der Waals surface area (Å²) in [4.78, 5) is 8.75. The van der Waals surface area contributed by atoms with Gasteiger partial charge >= 0.3 is 6.18 Å². The molecule has 0 bridgehead atoms. The second-order valence-electron chi connectivity index (χ2n) is 4.60. The van der Waals surface area contributed by atoms with Crippen molar-refractivity contribution in [3.63, 3.8) is 0 Å². The van der Waals surface area contributed by atoms with Crippen LogP contribution >= 0.6 is 11.3 Å². The second kappa shape index (κ2) is 5.14. The lowest BCUT2D eigenvalue weighted by Crippen LogP contribution is -2.43. The number of hydrogen-bond acceptors (Lipinski definition) is 4. The molecular formula is C11H16F3N3S. The molecule has 1 aliphatic heterocycles. The van der Waals surface area contributed by atoms with E-state index in [-0.39, 0.29) is 0 Å². The van der Waals surface area contributed by atoms with Crippen LogP contribution < -0.4 is 0 Å². The highest BCUT2D eigenvalue weighted by Crippen LogP contribution is 2.34. The molecular weight excluding hydrogens is 263 g/mol. The third kappa shape index (κ3) is 3.21. The Hall–Kier alpha value is -0.660. The Labute approximate surface area is 108 Å². The molecule has 2 rings (SSSR count). The summed E-state index contributed by atoms with van der Waals surface area (Å²) < 4.78 is 37.6. The number of alkyl halides is 3.